The average molecular weight is 230 g/mol. The fourth-order valence-corrected chi connectivity index (χ4v) is 2.94. The van der Waals surface area contributed by atoms with Gasteiger partial charge in [-0.2, -0.15) is 0 Å². The molecule has 0 bridgehead atoms. The molecular formula is C15H22N2. The molecule has 0 radical (unpaired) electrons. The van der Waals surface area contributed by atoms with Crippen molar-refractivity contribution in [3.05, 3.63) is 34.9 Å². The zero-order valence-electron chi connectivity index (χ0n) is 10.9. The van der Waals surface area contributed by atoms with Crippen molar-refractivity contribution >= 4 is 0 Å². The molecule has 1 aromatic carbocycles. The van der Waals surface area contributed by atoms with Crippen LogP contribution in [0.15, 0.2) is 18.2 Å². The zero-order valence-corrected chi connectivity index (χ0v) is 10.9. The molecule has 2 aliphatic rings. The van der Waals surface area contributed by atoms with Crippen molar-refractivity contribution in [1.82, 2.24) is 4.90 Å². The van der Waals surface area contributed by atoms with Gasteiger partial charge in [0, 0.05) is 24.7 Å². The van der Waals surface area contributed by atoms with Crippen molar-refractivity contribution in [2.75, 3.05) is 0 Å². The molecule has 1 heterocycles. The molecule has 0 unspecified atom stereocenters. The minimum Gasteiger partial charge on any atom is -0.321 e. The number of nitrogens with two attached hydrogens (primary N) is 1. The maximum absolute atomic E-state index is 6.40. The number of hydrogen-bond acceptors (Lipinski definition) is 2. The first-order chi connectivity index (χ1) is 8.08. The van der Waals surface area contributed by atoms with Crippen molar-refractivity contribution in [2.45, 2.75) is 57.8 Å². The Labute approximate surface area is 104 Å². The van der Waals surface area contributed by atoms with Gasteiger partial charge in [-0.25, -0.2) is 0 Å². The van der Waals surface area contributed by atoms with Crippen molar-refractivity contribution in [2.24, 2.45) is 5.73 Å². The van der Waals surface area contributed by atoms with Gasteiger partial charge in [0.1, 0.15) is 0 Å². The molecule has 17 heavy (non-hydrogen) atoms. The Balaban J connectivity index is 1.87. The van der Waals surface area contributed by atoms with Gasteiger partial charge in [-0.15, -0.1) is 0 Å². The van der Waals surface area contributed by atoms with Gasteiger partial charge in [-0.05, 0) is 49.8 Å². The van der Waals surface area contributed by atoms with Crippen LogP contribution in [0.25, 0.3) is 0 Å². The third-order valence-corrected chi connectivity index (χ3v) is 4.50. The molecule has 92 valence electrons. The Morgan fingerprint density at radius 2 is 1.88 bits per heavy atom. The highest BCUT2D eigenvalue weighted by molar-refractivity contribution is 5.38. The molecule has 0 aromatic heterocycles. The van der Waals surface area contributed by atoms with Gasteiger partial charge in [-0.1, -0.05) is 18.2 Å². The summed E-state index contributed by atoms with van der Waals surface area (Å²) in [6.07, 6.45) is 3.59. The maximum Gasteiger partial charge on any atom is 0.0409 e. The van der Waals surface area contributed by atoms with Crippen LogP contribution in [0, 0.1) is 0 Å². The van der Waals surface area contributed by atoms with Gasteiger partial charge in [0.05, 0.1) is 0 Å². The molecule has 2 heteroatoms. The molecule has 2 N–H and O–H groups in total. The highest BCUT2D eigenvalue weighted by Gasteiger charge is 2.35. The molecule has 1 aromatic rings. The lowest BCUT2D eigenvalue weighted by molar-refractivity contribution is 0.227. The molecule has 1 aliphatic carbocycles. The monoisotopic (exact) mass is 230 g/mol. The van der Waals surface area contributed by atoms with Crippen molar-refractivity contribution in [3.63, 3.8) is 0 Å². The van der Waals surface area contributed by atoms with E-state index in [0.717, 1.165) is 25.9 Å². The number of rotatable bonds is 2. The van der Waals surface area contributed by atoms with Crippen molar-refractivity contribution in [1.29, 1.82) is 0 Å². The Kier molecular flexibility index (Phi) is 2.53. The standard InChI is InChI=1S/C15H22N2/c1-11(2)17-9-12-4-5-14(8-13(12)10-17)15(16)6-3-7-15/h4-5,8,11H,3,6-7,9-10,16H2,1-2H3. The average Bonchev–Trinajstić information content (AvgIpc) is 2.68. The van der Waals surface area contributed by atoms with Crippen LogP contribution in [0.3, 0.4) is 0 Å². The van der Waals surface area contributed by atoms with Gasteiger partial charge >= 0.3 is 0 Å². The molecule has 0 spiro atoms. The van der Waals surface area contributed by atoms with Crippen LogP contribution in [0.5, 0.6) is 0 Å². The Morgan fingerprint density at radius 1 is 1.18 bits per heavy atom. The number of fused-ring (bicyclic) bond motifs is 1. The SMILES string of the molecule is CC(C)N1Cc2ccc(C3(N)CCC3)cc2C1. The summed E-state index contributed by atoms with van der Waals surface area (Å²) in [5, 5.41) is 0. The predicted molar refractivity (Wildman–Crippen MR) is 70.5 cm³/mol. The molecule has 0 amide bonds. The number of benzene rings is 1. The summed E-state index contributed by atoms with van der Waals surface area (Å²) in [5.41, 5.74) is 10.7. The fourth-order valence-electron chi connectivity index (χ4n) is 2.94. The van der Waals surface area contributed by atoms with Gasteiger partial charge in [0.15, 0.2) is 0 Å². The molecule has 2 nitrogen and oxygen atoms in total. The van der Waals surface area contributed by atoms with E-state index in [2.05, 4.69) is 36.9 Å². The van der Waals surface area contributed by atoms with Crippen LogP contribution in [0.1, 0.15) is 49.8 Å². The van der Waals surface area contributed by atoms with E-state index in [4.69, 9.17) is 5.73 Å². The number of hydrogen-bond donors (Lipinski definition) is 1. The van der Waals surface area contributed by atoms with Crippen LogP contribution in [-0.4, -0.2) is 10.9 Å². The fraction of sp³-hybridized carbons (Fsp3) is 0.600. The molecule has 3 rings (SSSR count). The summed E-state index contributed by atoms with van der Waals surface area (Å²) in [5.74, 6) is 0. The Morgan fingerprint density at radius 3 is 2.47 bits per heavy atom. The van der Waals surface area contributed by atoms with Crippen LogP contribution in [0.2, 0.25) is 0 Å². The number of nitrogens with zero attached hydrogens (tertiary/aromatic N) is 1. The highest BCUT2D eigenvalue weighted by Crippen LogP contribution is 2.40. The van der Waals surface area contributed by atoms with Gasteiger partial charge in [-0.3, -0.25) is 4.90 Å². The third-order valence-electron chi connectivity index (χ3n) is 4.50. The van der Waals surface area contributed by atoms with Crippen LogP contribution in [-0.2, 0) is 18.6 Å². The summed E-state index contributed by atoms with van der Waals surface area (Å²) in [6.45, 7) is 6.73. The van der Waals surface area contributed by atoms with E-state index in [1.165, 1.54) is 23.1 Å². The molecule has 1 fully saturated rings. The lowest BCUT2D eigenvalue weighted by atomic mass is 9.72. The second kappa shape index (κ2) is 3.82. The van der Waals surface area contributed by atoms with Crippen molar-refractivity contribution < 1.29 is 0 Å². The first-order valence-electron chi connectivity index (χ1n) is 6.74. The van der Waals surface area contributed by atoms with E-state index in [-0.39, 0.29) is 5.54 Å². The summed E-state index contributed by atoms with van der Waals surface area (Å²) in [7, 11) is 0. The molecule has 1 saturated carbocycles. The lowest BCUT2D eigenvalue weighted by Gasteiger charge is -2.38. The van der Waals surface area contributed by atoms with Gasteiger partial charge < -0.3 is 5.73 Å². The van der Waals surface area contributed by atoms with E-state index in [1.807, 2.05) is 0 Å². The van der Waals surface area contributed by atoms with E-state index in [0.29, 0.717) is 6.04 Å². The second-order valence-corrected chi connectivity index (χ2v) is 5.99. The highest BCUT2D eigenvalue weighted by atomic mass is 15.2. The Bertz CT molecular complexity index is 433. The summed E-state index contributed by atoms with van der Waals surface area (Å²) >= 11 is 0. The lowest BCUT2D eigenvalue weighted by Crippen LogP contribution is -2.43. The molecule has 1 aliphatic heterocycles. The smallest absolute Gasteiger partial charge is 0.0409 e. The quantitative estimate of drug-likeness (QED) is 0.846. The minimum atomic E-state index is -0.0136. The topological polar surface area (TPSA) is 29.3 Å². The summed E-state index contributed by atoms with van der Waals surface area (Å²) < 4.78 is 0. The van der Waals surface area contributed by atoms with E-state index in [9.17, 15) is 0 Å². The van der Waals surface area contributed by atoms with Gasteiger partial charge in [0.2, 0.25) is 0 Å². The van der Waals surface area contributed by atoms with E-state index >= 15 is 0 Å². The van der Waals surface area contributed by atoms with Crippen molar-refractivity contribution in [3.8, 4) is 0 Å². The third kappa shape index (κ3) is 1.80. The maximum atomic E-state index is 6.40. The summed E-state index contributed by atoms with van der Waals surface area (Å²) in [4.78, 5) is 2.51. The van der Waals surface area contributed by atoms with E-state index in [1.54, 1.807) is 0 Å². The van der Waals surface area contributed by atoms with Crippen LogP contribution < -0.4 is 5.73 Å². The first kappa shape index (κ1) is 11.2. The van der Waals surface area contributed by atoms with E-state index < -0.39 is 0 Å². The molecular weight excluding hydrogens is 208 g/mol. The zero-order chi connectivity index (χ0) is 12.0. The molecule has 0 atom stereocenters. The predicted octanol–water partition coefficient (Wildman–Crippen LogP) is 2.75. The largest absolute Gasteiger partial charge is 0.321 e. The molecule has 0 saturated heterocycles. The Hall–Kier alpha value is -0.860. The normalized spacial score (nSPS) is 22.6. The minimum absolute atomic E-state index is 0.0136. The first-order valence-corrected chi connectivity index (χ1v) is 6.74. The second-order valence-electron chi connectivity index (χ2n) is 5.99. The summed E-state index contributed by atoms with van der Waals surface area (Å²) in [6, 6.07) is 7.53. The van der Waals surface area contributed by atoms with Crippen LogP contribution in [0.4, 0.5) is 0 Å². The van der Waals surface area contributed by atoms with Crippen LogP contribution >= 0.6 is 0 Å². The van der Waals surface area contributed by atoms with Gasteiger partial charge in [0.25, 0.3) is 0 Å².